The zero-order valence-corrected chi connectivity index (χ0v) is 6.27. The topological polar surface area (TPSA) is 54.4 Å². The van der Waals surface area contributed by atoms with Crippen LogP contribution < -0.4 is 0 Å². The predicted octanol–water partition coefficient (Wildman–Crippen LogP) is 0.273. The fourth-order valence-corrected chi connectivity index (χ4v) is 0.612. The molecule has 9 heavy (non-hydrogen) atoms. The fraction of sp³-hybridized carbons (Fsp3) is 0.600. The molecule has 54 valence electrons. The molecule has 0 rings (SSSR count). The van der Waals surface area contributed by atoms with Gasteiger partial charge in [-0.3, -0.25) is 0 Å². The van der Waals surface area contributed by atoms with E-state index in [0.717, 1.165) is 5.41 Å². The van der Waals surface area contributed by atoms with E-state index in [9.17, 15) is 8.42 Å². The fourth-order valence-electron chi connectivity index (χ4n) is 0.204. The van der Waals surface area contributed by atoms with Crippen LogP contribution in [0, 0.1) is 0 Å². The summed E-state index contributed by atoms with van der Waals surface area (Å²) in [5.41, 5.74) is 0. The average Bonchev–Trinajstić information content (AvgIpc) is 1.64. The maximum atomic E-state index is 10.7. The van der Waals surface area contributed by atoms with Crippen LogP contribution in [-0.4, -0.2) is 18.5 Å². The normalized spacial score (nSPS) is 13.2. The Kier molecular flexibility index (Phi) is 2.03. The van der Waals surface area contributed by atoms with Crippen LogP contribution in [0.4, 0.5) is 0 Å². The molecule has 0 fully saturated rings. The van der Waals surface area contributed by atoms with Crippen molar-refractivity contribution in [2.75, 3.05) is 0 Å². The molecule has 0 aromatic rings. The number of hydrogen-bond donors (Lipinski definition) is 1. The Bertz CT molecular complexity index is 195. The first-order chi connectivity index (χ1) is 3.81. The largest absolute Gasteiger partial charge is 0.374 e. The van der Waals surface area contributed by atoms with Crippen molar-refractivity contribution in [1.82, 2.24) is 0 Å². The summed E-state index contributed by atoms with van der Waals surface area (Å²) in [5.74, 6) is 0. The van der Waals surface area contributed by atoms with Gasteiger partial charge < -0.3 is 5.11 Å². The summed E-state index contributed by atoms with van der Waals surface area (Å²) in [5, 5.41) is 9.63. The van der Waals surface area contributed by atoms with E-state index < -0.39 is 14.8 Å². The van der Waals surface area contributed by atoms with Crippen molar-refractivity contribution in [3.8, 4) is 0 Å². The van der Waals surface area contributed by atoms with E-state index in [1.165, 1.54) is 13.8 Å². The number of sulfone groups is 1. The molecule has 0 saturated carbocycles. The number of aliphatic hydroxyl groups is 1. The smallest absolute Gasteiger partial charge is 0.199 e. The Morgan fingerprint density at radius 1 is 1.56 bits per heavy atom. The van der Waals surface area contributed by atoms with Gasteiger partial charge in [-0.25, -0.2) is 8.42 Å². The summed E-state index contributed by atoms with van der Waals surface area (Å²) in [6, 6.07) is 0. The first-order valence-electron chi connectivity index (χ1n) is 2.41. The molecule has 0 unspecified atom stereocenters. The van der Waals surface area contributed by atoms with Crippen molar-refractivity contribution >= 4 is 9.84 Å². The second-order valence-corrected chi connectivity index (χ2v) is 4.58. The van der Waals surface area contributed by atoms with Crippen molar-refractivity contribution in [2.45, 2.75) is 18.8 Å². The highest BCUT2D eigenvalue weighted by Gasteiger charge is 2.27. The lowest BCUT2D eigenvalue weighted by Gasteiger charge is -2.13. The van der Waals surface area contributed by atoms with E-state index in [2.05, 4.69) is 6.58 Å². The highest BCUT2D eigenvalue weighted by atomic mass is 32.2. The molecule has 0 heterocycles. The molecule has 1 N–H and O–H groups in total. The van der Waals surface area contributed by atoms with Crippen LogP contribution in [0.2, 0.25) is 0 Å². The van der Waals surface area contributed by atoms with E-state index in [-0.39, 0.29) is 0 Å². The van der Waals surface area contributed by atoms with Gasteiger partial charge in [0.05, 0.1) is 0 Å². The molecule has 0 aliphatic rings. The Labute approximate surface area is 54.9 Å². The summed E-state index contributed by atoms with van der Waals surface area (Å²) >= 11 is 0. The second-order valence-electron chi connectivity index (χ2n) is 2.16. The number of hydrogen-bond acceptors (Lipinski definition) is 3. The Morgan fingerprint density at radius 3 is 1.89 bits per heavy atom. The predicted molar refractivity (Wildman–Crippen MR) is 35.4 cm³/mol. The van der Waals surface area contributed by atoms with Crippen LogP contribution in [0.3, 0.4) is 0 Å². The van der Waals surface area contributed by atoms with Gasteiger partial charge in [0.2, 0.25) is 0 Å². The van der Waals surface area contributed by atoms with Crippen LogP contribution in [-0.2, 0) is 9.84 Å². The SMILES string of the molecule is C=CS(=O)(=O)C(C)(C)O. The van der Waals surface area contributed by atoms with E-state index in [1.54, 1.807) is 0 Å². The highest BCUT2D eigenvalue weighted by Crippen LogP contribution is 2.12. The van der Waals surface area contributed by atoms with Crippen molar-refractivity contribution < 1.29 is 13.5 Å². The van der Waals surface area contributed by atoms with E-state index in [1.807, 2.05) is 0 Å². The monoisotopic (exact) mass is 150 g/mol. The first kappa shape index (κ1) is 8.65. The molecule has 0 aromatic carbocycles. The standard InChI is InChI=1S/C5H10O3S/c1-4-9(7,8)5(2,3)6/h4,6H,1H2,2-3H3. The first-order valence-corrected chi connectivity index (χ1v) is 3.95. The second kappa shape index (κ2) is 2.11. The van der Waals surface area contributed by atoms with Crippen LogP contribution in [0.15, 0.2) is 12.0 Å². The van der Waals surface area contributed by atoms with Gasteiger partial charge in [-0.1, -0.05) is 6.58 Å². The molecular weight excluding hydrogens is 140 g/mol. The van der Waals surface area contributed by atoms with Crippen LogP contribution in [0.1, 0.15) is 13.8 Å². The van der Waals surface area contributed by atoms with Gasteiger partial charge in [-0.15, -0.1) is 0 Å². The number of rotatable bonds is 2. The van der Waals surface area contributed by atoms with E-state index in [0.29, 0.717) is 0 Å². The lowest BCUT2D eigenvalue weighted by atomic mass is 10.5. The van der Waals surface area contributed by atoms with Crippen molar-refractivity contribution in [3.05, 3.63) is 12.0 Å². The summed E-state index contributed by atoms with van der Waals surface area (Å²) in [6.07, 6.45) is 0. The molecule has 0 radical (unpaired) electrons. The lowest BCUT2D eigenvalue weighted by molar-refractivity contribution is 0.166. The molecular formula is C5H10O3S. The third-order valence-electron chi connectivity index (χ3n) is 0.916. The Morgan fingerprint density at radius 2 is 1.89 bits per heavy atom. The van der Waals surface area contributed by atoms with E-state index in [4.69, 9.17) is 5.11 Å². The minimum Gasteiger partial charge on any atom is -0.374 e. The molecule has 0 aromatic heterocycles. The summed E-state index contributed by atoms with van der Waals surface area (Å²) in [7, 11) is -3.52. The van der Waals surface area contributed by atoms with Crippen LogP contribution in [0.5, 0.6) is 0 Å². The average molecular weight is 150 g/mol. The maximum Gasteiger partial charge on any atom is 0.199 e. The van der Waals surface area contributed by atoms with Crippen molar-refractivity contribution in [3.63, 3.8) is 0 Å². The lowest BCUT2D eigenvalue weighted by Crippen LogP contribution is -2.28. The van der Waals surface area contributed by atoms with Gasteiger partial charge >= 0.3 is 0 Å². The highest BCUT2D eigenvalue weighted by molar-refractivity contribution is 7.95. The van der Waals surface area contributed by atoms with Gasteiger partial charge in [-0.05, 0) is 13.8 Å². The summed E-state index contributed by atoms with van der Waals surface area (Å²) < 4.78 is 21.3. The van der Waals surface area contributed by atoms with Crippen molar-refractivity contribution in [2.24, 2.45) is 0 Å². The van der Waals surface area contributed by atoms with Gasteiger partial charge in [0.15, 0.2) is 14.8 Å². The van der Waals surface area contributed by atoms with Gasteiger partial charge in [-0.2, -0.15) is 0 Å². The zero-order chi connectivity index (χ0) is 7.71. The third kappa shape index (κ3) is 1.80. The minimum absolute atomic E-state index is 0.743. The summed E-state index contributed by atoms with van der Waals surface area (Å²) in [4.78, 5) is -1.70. The molecule has 0 amide bonds. The third-order valence-corrected chi connectivity index (χ3v) is 2.75. The molecule has 0 atom stereocenters. The van der Waals surface area contributed by atoms with E-state index >= 15 is 0 Å². The summed E-state index contributed by atoms with van der Waals surface area (Å²) in [6.45, 7) is 5.45. The van der Waals surface area contributed by atoms with Crippen molar-refractivity contribution in [1.29, 1.82) is 0 Å². The molecule has 0 bridgehead atoms. The van der Waals surface area contributed by atoms with Gasteiger partial charge in [0.1, 0.15) is 0 Å². The Hall–Kier alpha value is -0.350. The molecule has 3 nitrogen and oxygen atoms in total. The molecule has 0 aliphatic carbocycles. The molecule has 0 spiro atoms. The van der Waals surface area contributed by atoms with Gasteiger partial charge in [0.25, 0.3) is 0 Å². The molecule has 0 saturated heterocycles. The minimum atomic E-state index is -3.52. The maximum absolute atomic E-state index is 10.7. The quantitative estimate of drug-likeness (QED) is 0.615. The zero-order valence-electron chi connectivity index (χ0n) is 5.46. The van der Waals surface area contributed by atoms with Crippen LogP contribution in [0.25, 0.3) is 0 Å². The Balaban J connectivity index is 4.79. The van der Waals surface area contributed by atoms with Crippen LogP contribution >= 0.6 is 0 Å². The molecule has 0 aliphatic heterocycles. The van der Waals surface area contributed by atoms with Gasteiger partial charge in [0, 0.05) is 5.41 Å². The molecule has 4 heteroatoms.